The predicted octanol–water partition coefficient (Wildman–Crippen LogP) is -3.38. The van der Waals surface area contributed by atoms with Gasteiger partial charge in [0.25, 0.3) is 0 Å². The van der Waals surface area contributed by atoms with Gasteiger partial charge in [-0.05, 0) is 0 Å². The molecule has 0 radical (unpaired) electrons. The standard InChI is InChI=1S/C6H12O6.Ti/c7-1-3(9)5(11)6(12)4(10)2-8;/h3,5-9,11-12H,1-2H2;/t3-,5+,6+;/m1./s1. The second-order valence-corrected chi connectivity index (χ2v) is 2.31. The number of carbonyl (C=O) groups excluding carboxylic acids is 1. The second-order valence-electron chi connectivity index (χ2n) is 2.31. The maximum atomic E-state index is 10.5. The second kappa shape index (κ2) is 7.58. The minimum absolute atomic E-state index is 0. The van der Waals surface area contributed by atoms with Gasteiger partial charge in [0.05, 0.1) is 6.61 Å². The molecule has 13 heavy (non-hydrogen) atoms. The first-order valence-electron chi connectivity index (χ1n) is 3.33. The van der Waals surface area contributed by atoms with Crippen LogP contribution in [0.4, 0.5) is 0 Å². The third kappa shape index (κ3) is 4.82. The zero-order chi connectivity index (χ0) is 9.72. The number of hydrogen-bond acceptors (Lipinski definition) is 6. The Morgan fingerprint density at radius 1 is 1.15 bits per heavy atom. The van der Waals surface area contributed by atoms with Crippen molar-refractivity contribution in [1.29, 1.82) is 0 Å². The van der Waals surface area contributed by atoms with Crippen molar-refractivity contribution < 1.29 is 52.0 Å². The van der Waals surface area contributed by atoms with Gasteiger partial charge in [0, 0.05) is 21.7 Å². The summed E-state index contributed by atoms with van der Waals surface area (Å²) in [5.74, 6) is -1.00. The summed E-state index contributed by atoms with van der Waals surface area (Å²) in [7, 11) is 0. The predicted molar refractivity (Wildman–Crippen MR) is 37.2 cm³/mol. The fraction of sp³-hybridized carbons (Fsp3) is 0.833. The number of ketones is 1. The summed E-state index contributed by atoms with van der Waals surface area (Å²) >= 11 is 0. The monoisotopic (exact) mass is 228 g/mol. The fourth-order valence-electron chi connectivity index (χ4n) is 0.602. The van der Waals surface area contributed by atoms with Gasteiger partial charge >= 0.3 is 0 Å². The van der Waals surface area contributed by atoms with Crippen molar-refractivity contribution in [3.63, 3.8) is 0 Å². The van der Waals surface area contributed by atoms with Crippen molar-refractivity contribution in [2.45, 2.75) is 18.3 Å². The molecule has 0 unspecified atom stereocenters. The normalized spacial score (nSPS) is 17.0. The van der Waals surface area contributed by atoms with Crippen LogP contribution in [0.15, 0.2) is 0 Å². The first-order chi connectivity index (χ1) is 5.54. The number of carbonyl (C=O) groups is 1. The van der Waals surface area contributed by atoms with Gasteiger partial charge in [0.2, 0.25) is 0 Å². The van der Waals surface area contributed by atoms with Crippen LogP contribution in [0.3, 0.4) is 0 Å². The zero-order valence-electron chi connectivity index (χ0n) is 6.79. The number of aliphatic hydroxyl groups is 5. The number of rotatable bonds is 5. The Bertz CT molecular complexity index is 152. The van der Waals surface area contributed by atoms with E-state index in [9.17, 15) is 4.79 Å². The van der Waals surface area contributed by atoms with Crippen LogP contribution >= 0.6 is 0 Å². The van der Waals surface area contributed by atoms with Crippen molar-refractivity contribution >= 4 is 5.78 Å². The van der Waals surface area contributed by atoms with Crippen LogP contribution in [0.1, 0.15) is 0 Å². The van der Waals surface area contributed by atoms with E-state index < -0.39 is 37.3 Å². The molecule has 0 aromatic heterocycles. The molecule has 0 heterocycles. The molecule has 3 atom stereocenters. The van der Waals surface area contributed by atoms with Gasteiger partial charge in [0.15, 0.2) is 5.78 Å². The van der Waals surface area contributed by atoms with Crippen molar-refractivity contribution in [2.24, 2.45) is 0 Å². The van der Waals surface area contributed by atoms with E-state index >= 15 is 0 Å². The largest absolute Gasteiger partial charge is 0.394 e. The maximum Gasteiger partial charge on any atom is 0.189 e. The molecule has 7 heteroatoms. The SMILES string of the molecule is O=C(CO)[C@H](O)[C@@H](O)[C@H](O)CO.[Ti]. The average Bonchev–Trinajstić information content (AvgIpc) is 2.12. The minimum atomic E-state index is -1.86. The quantitative estimate of drug-likeness (QED) is 0.313. The molecule has 0 spiro atoms. The molecule has 0 saturated heterocycles. The van der Waals surface area contributed by atoms with Gasteiger partial charge in [-0.3, -0.25) is 4.79 Å². The van der Waals surface area contributed by atoms with Crippen molar-refractivity contribution in [2.75, 3.05) is 13.2 Å². The molecule has 5 N–H and O–H groups in total. The van der Waals surface area contributed by atoms with E-state index in [1.807, 2.05) is 0 Å². The Hall–Kier alpha value is 0.184. The Balaban J connectivity index is 0. The Labute approximate surface area is 89.7 Å². The summed E-state index contributed by atoms with van der Waals surface area (Å²) in [5.41, 5.74) is 0. The molecule has 0 rings (SSSR count). The van der Waals surface area contributed by atoms with Crippen LogP contribution in [0.2, 0.25) is 0 Å². The third-order valence-corrected chi connectivity index (χ3v) is 1.39. The smallest absolute Gasteiger partial charge is 0.189 e. The summed E-state index contributed by atoms with van der Waals surface area (Å²) in [6.45, 7) is -1.69. The summed E-state index contributed by atoms with van der Waals surface area (Å²) in [6, 6.07) is 0. The summed E-state index contributed by atoms with van der Waals surface area (Å²) in [5, 5.41) is 43.1. The first kappa shape index (κ1) is 15.6. The molecule has 0 fully saturated rings. The number of aliphatic hydroxyl groups excluding tert-OH is 5. The molecule has 0 saturated carbocycles. The van der Waals surface area contributed by atoms with Crippen molar-refractivity contribution in [3.05, 3.63) is 0 Å². The van der Waals surface area contributed by atoms with Gasteiger partial charge in [-0.15, -0.1) is 0 Å². The van der Waals surface area contributed by atoms with E-state index in [4.69, 9.17) is 25.5 Å². The summed E-state index contributed by atoms with van der Waals surface area (Å²) in [4.78, 5) is 10.5. The molecular formula is C6H12O6Ti. The summed E-state index contributed by atoms with van der Waals surface area (Å²) in [6.07, 6.45) is -5.22. The molecule has 76 valence electrons. The topological polar surface area (TPSA) is 118 Å². The van der Waals surface area contributed by atoms with Gasteiger partial charge in [0.1, 0.15) is 24.9 Å². The van der Waals surface area contributed by atoms with Crippen LogP contribution in [0.25, 0.3) is 0 Å². The van der Waals surface area contributed by atoms with E-state index in [2.05, 4.69) is 0 Å². The number of hydrogen-bond donors (Lipinski definition) is 5. The minimum Gasteiger partial charge on any atom is -0.394 e. The van der Waals surface area contributed by atoms with Crippen molar-refractivity contribution in [1.82, 2.24) is 0 Å². The first-order valence-corrected chi connectivity index (χ1v) is 3.33. The zero-order valence-corrected chi connectivity index (χ0v) is 8.35. The fourth-order valence-corrected chi connectivity index (χ4v) is 0.602. The molecule has 0 aliphatic heterocycles. The van der Waals surface area contributed by atoms with Crippen LogP contribution in [-0.4, -0.2) is 62.8 Å². The van der Waals surface area contributed by atoms with E-state index in [0.717, 1.165) is 0 Å². The van der Waals surface area contributed by atoms with E-state index in [1.54, 1.807) is 0 Å². The van der Waals surface area contributed by atoms with Crippen LogP contribution in [0.5, 0.6) is 0 Å². The van der Waals surface area contributed by atoms with Gasteiger partial charge in [-0.25, -0.2) is 0 Å². The molecule has 0 aromatic rings. The van der Waals surface area contributed by atoms with E-state index in [-0.39, 0.29) is 21.7 Å². The Morgan fingerprint density at radius 2 is 1.62 bits per heavy atom. The van der Waals surface area contributed by atoms with E-state index in [0.29, 0.717) is 0 Å². The third-order valence-electron chi connectivity index (χ3n) is 1.39. The maximum absolute atomic E-state index is 10.5. The summed E-state index contributed by atoms with van der Waals surface area (Å²) < 4.78 is 0. The molecule has 0 aromatic carbocycles. The van der Waals surface area contributed by atoms with E-state index in [1.165, 1.54) is 0 Å². The molecule has 0 aliphatic rings. The van der Waals surface area contributed by atoms with Gasteiger partial charge in [-0.1, -0.05) is 0 Å². The Kier molecular flexibility index (Phi) is 9.12. The van der Waals surface area contributed by atoms with Crippen molar-refractivity contribution in [3.8, 4) is 0 Å². The molecule has 0 bridgehead atoms. The van der Waals surface area contributed by atoms with Crippen LogP contribution < -0.4 is 0 Å². The number of Topliss-reactive ketones (excluding diaryl/α,β-unsaturated/α-hetero) is 1. The molecule has 0 aliphatic carbocycles. The molecule has 6 nitrogen and oxygen atoms in total. The van der Waals surface area contributed by atoms with Crippen LogP contribution in [0, 0.1) is 0 Å². The van der Waals surface area contributed by atoms with Crippen LogP contribution in [-0.2, 0) is 26.5 Å². The Morgan fingerprint density at radius 3 is 1.92 bits per heavy atom. The molecule has 0 amide bonds. The average molecular weight is 228 g/mol. The molecular weight excluding hydrogens is 216 g/mol. The van der Waals surface area contributed by atoms with Gasteiger partial charge < -0.3 is 25.5 Å². The van der Waals surface area contributed by atoms with Gasteiger partial charge in [-0.2, -0.15) is 0 Å².